The first kappa shape index (κ1) is 12.5. The molecular formula is C15H13FN2O2. The number of para-hydroxylation sites is 1. The van der Waals surface area contributed by atoms with Crippen LogP contribution in [0.4, 0.5) is 15.8 Å². The lowest BCUT2D eigenvalue weighted by Crippen LogP contribution is -2.38. The summed E-state index contributed by atoms with van der Waals surface area (Å²) < 4.78 is 18.3. The Labute approximate surface area is 115 Å². The standard InChI is InChI=1S/C15H13FN2O2/c16-11-6-4-10(5-7-11)8-18-13-3-1-2-12(17)15(13)20-9-14(18)19/h1-7H,8-9,17H2. The van der Waals surface area contributed by atoms with E-state index < -0.39 is 0 Å². The lowest BCUT2D eigenvalue weighted by atomic mass is 10.1. The molecule has 2 aromatic rings. The number of anilines is 2. The number of benzene rings is 2. The number of hydrogen-bond donors (Lipinski definition) is 1. The van der Waals surface area contributed by atoms with E-state index in [1.54, 1.807) is 35.2 Å². The number of nitrogens with two attached hydrogens (primary N) is 1. The van der Waals surface area contributed by atoms with Gasteiger partial charge in [-0.2, -0.15) is 0 Å². The average molecular weight is 272 g/mol. The molecule has 3 rings (SSSR count). The van der Waals surface area contributed by atoms with Crippen LogP contribution in [0.15, 0.2) is 42.5 Å². The molecule has 0 aliphatic carbocycles. The Morgan fingerprint density at radius 3 is 2.70 bits per heavy atom. The van der Waals surface area contributed by atoms with Crippen LogP contribution in [0, 0.1) is 5.82 Å². The third-order valence-electron chi connectivity index (χ3n) is 3.21. The maximum absolute atomic E-state index is 12.9. The van der Waals surface area contributed by atoms with Gasteiger partial charge in [-0.05, 0) is 29.8 Å². The molecule has 0 radical (unpaired) electrons. The number of fused-ring (bicyclic) bond motifs is 1. The molecule has 5 heteroatoms. The molecule has 20 heavy (non-hydrogen) atoms. The molecule has 4 nitrogen and oxygen atoms in total. The molecule has 0 bridgehead atoms. The van der Waals surface area contributed by atoms with E-state index in [0.29, 0.717) is 23.7 Å². The number of nitrogen functional groups attached to an aromatic ring is 1. The summed E-state index contributed by atoms with van der Waals surface area (Å²) in [5, 5.41) is 0. The molecule has 2 aromatic carbocycles. The van der Waals surface area contributed by atoms with Gasteiger partial charge in [-0.1, -0.05) is 18.2 Å². The molecule has 2 N–H and O–H groups in total. The highest BCUT2D eigenvalue weighted by Gasteiger charge is 2.26. The summed E-state index contributed by atoms with van der Waals surface area (Å²) in [7, 11) is 0. The van der Waals surface area contributed by atoms with Gasteiger partial charge in [-0.3, -0.25) is 4.79 Å². The van der Waals surface area contributed by atoms with Crippen LogP contribution in [0.5, 0.6) is 5.75 Å². The molecule has 0 saturated carbocycles. The van der Waals surface area contributed by atoms with Gasteiger partial charge in [0.05, 0.1) is 17.9 Å². The fourth-order valence-electron chi connectivity index (χ4n) is 2.20. The quantitative estimate of drug-likeness (QED) is 0.854. The first-order valence-corrected chi connectivity index (χ1v) is 6.21. The smallest absolute Gasteiger partial charge is 0.265 e. The largest absolute Gasteiger partial charge is 0.479 e. The Balaban J connectivity index is 1.95. The van der Waals surface area contributed by atoms with E-state index in [9.17, 15) is 9.18 Å². The van der Waals surface area contributed by atoms with Crippen molar-refractivity contribution in [2.45, 2.75) is 6.54 Å². The number of carbonyl (C=O) groups excluding carboxylic acids is 1. The summed E-state index contributed by atoms with van der Waals surface area (Å²) in [5.41, 5.74) is 7.84. The maximum Gasteiger partial charge on any atom is 0.265 e. The van der Waals surface area contributed by atoms with Gasteiger partial charge >= 0.3 is 0 Å². The SMILES string of the molecule is Nc1cccc2c1OCC(=O)N2Cc1ccc(F)cc1. The third-order valence-corrected chi connectivity index (χ3v) is 3.21. The number of hydrogen-bond acceptors (Lipinski definition) is 3. The zero-order chi connectivity index (χ0) is 14.1. The van der Waals surface area contributed by atoms with E-state index >= 15 is 0 Å². The third kappa shape index (κ3) is 2.18. The zero-order valence-corrected chi connectivity index (χ0v) is 10.7. The Hall–Kier alpha value is -2.56. The summed E-state index contributed by atoms with van der Waals surface area (Å²) in [6, 6.07) is 11.3. The van der Waals surface area contributed by atoms with Gasteiger partial charge < -0.3 is 15.4 Å². The van der Waals surface area contributed by atoms with Crippen LogP contribution >= 0.6 is 0 Å². The summed E-state index contributed by atoms with van der Waals surface area (Å²) in [6.07, 6.45) is 0. The van der Waals surface area contributed by atoms with Crippen molar-refractivity contribution in [2.24, 2.45) is 0 Å². The Morgan fingerprint density at radius 2 is 1.95 bits per heavy atom. The fourth-order valence-corrected chi connectivity index (χ4v) is 2.20. The van der Waals surface area contributed by atoms with Gasteiger partial charge in [0.1, 0.15) is 5.82 Å². The van der Waals surface area contributed by atoms with Gasteiger partial charge in [0.2, 0.25) is 0 Å². The first-order chi connectivity index (χ1) is 9.65. The Morgan fingerprint density at radius 1 is 1.20 bits per heavy atom. The van der Waals surface area contributed by atoms with Gasteiger partial charge in [-0.15, -0.1) is 0 Å². The first-order valence-electron chi connectivity index (χ1n) is 6.21. The predicted molar refractivity (Wildman–Crippen MR) is 73.9 cm³/mol. The van der Waals surface area contributed by atoms with Crippen LogP contribution in [0.3, 0.4) is 0 Å². The monoisotopic (exact) mass is 272 g/mol. The highest BCUT2D eigenvalue weighted by molar-refractivity contribution is 5.99. The predicted octanol–water partition coefficient (Wildman–Crippen LogP) is 2.33. The molecule has 0 saturated heterocycles. The van der Waals surface area contributed by atoms with Gasteiger partial charge in [-0.25, -0.2) is 4.39 Å². The molecule has 0 aromatic heterocycles. The Bertz CT molecular complexity index is 655. The lowest BCUT2D eigenvalue weighted by Gasteiger charge is -2.30. The number of halogens is 1. The molecule has 0 atom stereocenters. The number of nitrogens with zero attached hydrogens (tertiary/aromatic N) is 1. The minimum atomic E-state index is -0.299. The Kier molecular flexibility index (Phi) is 3.02. The van der Waals surface area contributed by atoms with E-state index in [4.69, 9.17) is 10.5 Å². The topological polar surface area (TPSA) is 55.6 Å². The van der Waals surface area contributed by atoms with E-state index in [1.807, 2.05) is 0 Å². The van der Waals surface area contributed by atoms with Crippen molar-refractivity contribution in [3.05, 3.63) is 53.8 Å². The lowest BCUT2D eigenvalue weighted by molar-refractivity contribution is -0.121. The minimum Gasteiger partial charge on any atom is -0.479 e. The summed E-state index contributed by atoms with van der Waals surface area (Å²) in [6.45, 7) is 0.321. The average Bonchev–Trinajstić information content (AvgIpc) is 2.44. The number of amides is 1. The van der Waals surface area contributed by atoms with Crippen molar-refractivity contribution in [1.82, 2.24) is 0 Å². The van der Waals surface area contributed by atoms with Crippen LogP contribution in [-0.4, -0.2) is 12.5 Å². The minimum absolute atomic E-state index is 0.0393. The summed E-state index contributed by atoms with van der Waals surface area (Å²) in [4.78, 5) is 13.6. The number of carbonyl (C=O) groups is 1. The highest BCUT2D eigenvalue weighted by Crippen LogP contribution is 2.37. The van der Waals surface area contributed by atoms with E-state index in [0.717, 1.165) is 5.56 Å². The van der Waals surface area contributed by atoms with Crippen molar-refractivity contribution in [3.63, 3.8) is 0 Å². The number of rotatable bonds is 2. The molecule has 1 aliphatic heterocycles. The van der Waals surface area contributed by atoms with Crippen LogP contribution in [0.2, 0.25) is 0 Å². The number of ether oxygens (including phenoxy) is 1. The molecule has 0 fully saturated rings. The molecule has 1 amide bonds. The van der Waals surface area contributed by atoms with E-state index in [2.05, 4.69) is 0 Å². The van der Waals surface area contributed by atoms with Crippen molar-refractivity contribution in [1.29, 1.82) is 0 Å². The summed E-state index contributed by atoms with van der Waals surface area (Å²) in [5.74, 6) is 0.0772. The van der Waals surface area contributed by atoms with Crippen LogP contribution < -0.4 is 15.4 Å². The van der Waals surface area contributed by atoms with Crippen LogP contribution in [-0.2, 0) is 11.3 Å². The van der Waals surface area contributed by atoms with Crippen LogP contribution in [0.1, 0.15) is 5.56 Å². The van der Waals surface area contributed by atoms with E-state index in [-0.39, 0.29) is 18.3 Å². The van der Waals surface area contributed by atoms with Gasteiger partial charge in [0.25, 0.3) is 5.91 Å². The molecule has 0 unspecified atom stereocenters. The van der Waals surface area contributed by atoms with Crippen molar-refractivity contribution in [3.8, 4) is 5.75 Å². The van der Waals surface area contributed by atoms with Gasteiger partial charge in [0.15, 0.2) is 12.4 Å². The molecular weight excluding hydrogens is 259 g/mol. The highest BCUT2D eigenvalue weighted by atomic mass is 19.1. The summed E-state index contributed by atoms with van der Waals surface area (Å²) >= 11 is 0. The van der Waals surface area contributed by atoms with Crippen molar-refractivity contribution < 1.29 is 13.9 Å². The van der Waals surface area contributed by atoms with Crippen molar-refractivity contribution >= 4 is 17.3 Å². The molecule has 0 spiro atoms. The van der Waals surface area contributed by atoms with Gasteiger partial charge in [0, 0.05) is 0 Å². The normalized spacial score (nSPS) is 13.8. The second kappa shape index (κ2) is 4.85. The van der Waals surface area contributed by atoms with E-state index in [1.165, 1.54) is 12.1 Å². The van der Waals surface area contributed by atoms with Crippen LogP contribution in [0.25, 0.3) is 0 Å². The fraction of sp³-hybridized carbons (Fsp3) is 0.133. The second-order valence-corrected chi connectivity index (χ2v) is 4.59. The maximum atomic E-state index is 12.9. The zero-order valence-electron chi connectivity index (χ0n) is 10.7. The molecule has 1 heterocycles. The second-order valence-electron chi connectivity index (χ2n) is 4.59. The van der Waals surface area contributed by atoms with Crippen molar-refractivity contribution in [2.75, 3.05) is 17.2 Å². The molecule has 102 valence electrons. The molecule has 1 aliphatic rings.